The van der Waals surface area contributed by atoms with Gasteiger partial charge in [0.1, 0.15) is 0 Å². The van der Waals surface area contributed by atoms with E-state index in [9.17, 15) is 4.79 Å². The second-order valence-corrected chi connectivity index (χ2v) is 9.29. The molecule has 2 fully saturated rings. The normalized spacial score (nSPS) is 26.1. The number of aliphatic imine (C=N–C) groups is 1. The quantitative estimate of drug-likeness (QED) is 0.338. The van der Waals surface area contributed by atoms with Crippen molar-refractivity contribution in [1.29, 1.82) is 0 Å². The molecule has 0 spiro atoms. The number of rotatable bonds is 8. The Balaban J connectivity index is 1.14. The van der Waals surface area contributed by atoms with Gasteiger partial charge in [0, 0.05) is 38.2 Å². The molecule has 3 unspecified atom stereocenters. The molecule has 0 aromatic heterocycles. The van der Waals surface area contributed by atoms with Gasteiger partial charge < -0.3 is 20.7 Å². The monoisotopic (exact) mass is 426 g/mol. The molecule has 0 saturated heterocycles. The van der Waals surface area contributed by atoms with E-state index >= 15 is 0 Å². The van der Waals surface area contributed by atoms with Crippen molar-refractivity contribution in [3.8, 4) is 0 Å². The third-order valence-electron chi connectivity index (χ3n) is 6.78. The molecule has 31 heavy (non-hydrogen) atoms. The Morgan fingerprint density at radius 2 is 1.94 bits per heavy atom. The highest BCUT2D eigenvalue weighted by atomic mass is 16.5. The van der Waals surface area contributed by atoms with Gasteiger partial charge in [-0.05, 0) is 68.9 Å². The molecule has 1 aromatic rings. The average molecular weight is 427 g/mol. The largest absolute Gasteiger partial charge is 0.373 e. The molecule has 2 saturated carbocycles. The molecule has 3 aliphatic rings. The van der Waals surface area contributed by atoms with Crippen LogP contribution in [-0.4, -0.2) is 44.1 Å². The Bertz CT molecular complexity index is 762. The zero-order chi connectivity index (χ0) is 21.5. The van der Waals surface area contributed by atoms with Crippen LogP contribution in [0, 0.1) is 5.92 Å². The van der Waals surface area contributed by atoms with E-state index in [0.717, 1.165) is 70.5 Å². The van der Waals surface area contributed by atoms with Crippen LogP contribution in [0.2, 0.25) is 0 Å². The molecule has 3 atom stereocenters. The summed E-state index contributed by atoms with van der Waals surface area (Å²) in [6.45, 7) is 1.57. The molecule has 3 aliphatic carbocycles. The van der Waals surface area contributed by atoms with Crippen molar-refractivity contribution in [2.75, 3.05) is 20.2 Å². The van der Waals surface area contributed by atoms with E-state index in [1.54, 1.807) is 0 Å². The van der Waals surface area contributed by atoms with Crippen LogP contribution in [0.1, 0.15) is 75.0 Å². The van der Waals surface area contributed by atoms with Crippen molar-refractivity contribution in [2.24, 2.45) is 10.9 Å². The molecule has 1 amide bonds. The summed E-state index contributed by atoms with van der Waals surface area (Å²) in [7, 11) is 1.81. The fraction of sp³-hybridized carbons (Fsp3) is 0.680. The number of aryl methyl sites for hydroxylation is 1. The minimum absolute atomic E-state index is 0.136. The predicted molar refractivity (Wildman–Crippen MR) is 124 cm³/mol. The molecular formula is C25H38N4O2. The summed E-state index contributed by atoms with van der Waals surface area (Å²) in [5, 5.41) is 10.1. The lowest BCUT2D eigenvalue weighted by atomic mass is 9.85. The lowest BCUT2D eigenvalue weighted by molar-refractivity contribution is -0.126. The van der Waals surface area contributed by atoms with Crippen molar-refractivity contribution < 1.29 is 9.53 Å². The van der Waals surface area contributed by atoms with Crippen molar-refractivity contribution in [1.82, 2.24) is 16.0 Å². The highest BCUT2D eigenvalue weighted by Gasteiger charge is 2.31. The highest BCUT2D eigenvalue weighted by Crippen LogP contribution is 2.32. The van der Waals surface area contributed by atoms with Crippen LogP contribution in [0.25, 0.3) is 0 Å². The number of carbonyl (C=O) groups excluding carboxylic acids is 1. The molecule has 6 heteroatoms. The van der Waals surface area contributed by atoms with Crippen LogP contribution in [0.4, 0.5) is 0 Å². The van der Waals surface area contributed by atoms with E-state index in [0.29, 0.717) is 12.1 Å². The zero-order valence-electron chi connectivity index (χ0n) is 18.9. The molecule has 0 heterocycles. The van der Waals surface area contributed by atoms with Crippen LogP contribution >= 0.6 is 0 Å². The number of carbonyl (C=O) groups is 1. The topological polar surface area (TPSA) is 74.8 Å². The van der Waals surface area contributed by atoms with E-state index in [2.05, 4.69) is 45.2 Å². The second kappa shape index (κ2) is 11.0. The average Bonchev–Trinajstić information content (AvgIpc) is 3.62. The van der Waals surface area contributed by atoms with Gasteiger partial charge in [-0.3, -0.25) is 9.79 Å². The smallest absolute Gasteiger partial charge is 0.223 e. The first-order valence-corrected chi connectivity index (χ1v) is 12.2. The Hall–Kier alpha value is -2.08. The lowest BCUT2D eigenvalue weighted by Crippen LogP contribution is -2.47. The minimum atomic E-state index is 0.136. The Morgan fingerprint density at radius 3 is 2.77 bits per heavy atom. The van der Waals surface area contributed by atoms with Crippen LogP contribution in [0.15, 0.2) is 29.3 Å². The molecular weight excluding hydrogens is 388 g/mol. The second-order valence-electron chi connectivity index (χ2n) is 9.29. The summed E-state index contributed by atoms with van der Waals surface area (Å²) in [6.07, 6.45) is 11.0. The summed E-state index contributed by atoms with van der Waals surface area (Å²) in [6, 6.07) is 9.43. The SMILES string of the molecule is CN=C(NCCCOC1CCCc2ccccc21)NC1CCCC(C(=O)NC2CC2)C1. The number of hydrogen-bond acceptors (Lipinski definition) is 3. The van der Waals surface area contributed by atoms with E-state index in [1.807, 2.05) is 7.05 Å². The first-order valence-electron chi connectivity index (χ1n) is 12.2. The Morgan fingerprint density at radius 1 is 1.06 bits per heavy atom. The summed E-state index contributed by atoms with van der Waals surface area (Å²) in [4.78, 5) is 16.8. The predicted octanol–water partition coefficient (Wildman–Crippen LogP) is 3.47. The molecule has 6 nitrogen and oxygen atoms in total. The van der Waals surface area contributed by atoms with Crippen LogP contribution < -0.4 is 16.0 Å². The number of amides is 1. The molecule has 170 valence electrons. The number of nitrogens with one attached hydrogen (secondary N) is 3. The number of ether oxygens (including phenoxy) is 1. The maximum Gasteiger partial charge on any atom is 0.223 e. The van der Waals surface area contributed by atoms with E-state index in [4.69, 9.17) is 4.74 Å². The summed E-state index contributed by atoms with van der Waals surface area (Å²) >= 11 is 0. The molecule has 0 radical (unpaired) electrons. The number of hydrogen-bond donors (Lipinski definition) is 3. The fourth-order valence-corrected chi connectivity index (χ4v) is 4.88. The summed E-state index contributed by atoms with van der Waals surface area (Å²) < 4.78 is 6.21. The number of benzene rings is 1. The van der Waals surface area contributed by atoms with Gasteiger partial charge >= 0.3 is 0 Å². The number of nitrogens with zero attached hydrogens (tertiary/aromatic N) is 1. The molecule has 4 rings (SSSR count). The number of fused-ring (bicyclic) bond motifs is 1. The van der Waals surface area contributed by atoms with E-state index < -0.39 is 0 Å². The van der Waals surface area contributed by atoms with Gasteiger partial charge in [0.15, 0.2) is 5.96 Å². The lowest BCUT2D eigenvalue weighted by Gasteiger charge is -2.30. The van der Waals surface area contributed by atoms with Gasteiger partial charge in [-0.25, -0.2) is 0 Å². The minimum Gasteiger partial charge on any atom is -0.373 e. The van der Waals surface area contributed by atoms with Crippen LogP contribution in [-0.2, 0) is 16.0 Å². The van der Waals surface area contributed by atoms with Gasteiger partial charge in [-0.15, -0.1) is 0 Å². The fourth-order valence-electron chi connectivity index (χ4n) is 4.88. The van der Waals surface area contributed by atoms with Crippen molar-refractivity contribution in [2.45, 2.75) is 82.4 Å². The van der Waals surface area contributed by atoms with Crippen molar-refractivity contribution >= 4 is 11.9 Å². The maximum absolute atomic E-state index is 12.4. The van der Waals surface area contributed by atoms with Gasteiger partial charge in [0.2, 0.25) is 5.91 Å². The summed E-state index contributed by atoms with van der Waals surface area (Å²) in [5.74, 6) is 1.21. The van der Waals surface area contributed by atoms with E-state index in [-0.39, 0.29) is 17.9 Å². The van der Waals surface area contributed by atoms with Gasteiger partial charge in [-0.1, -0.05) is 30.7 Å². The van der Waals surface area contributed by atoms with Gasteiger partial charge in [0.05, 0.1) is 6.10 Å². The summed E-state index contributed by atoms with van der Waals surface area (Å²) in [5.41, 5.74) is 2.81. The maximum atomic E-state index is 12.4. The Kier molecular flexibility index (Phi) is 7.84. The zero-order valence-corrected chi connectivity index (χ0v) is 18.9. The molecule has 0 aliphatic heterocycles. The van der Waals surface area contributed by atoms with Crippen molar-refractivity contribution in [3.05, 3.63) is 35.4 Å². The number of guanidine groups is 1. The highest BCUT2D eigenvalue weighted by molar-refractivity contribution is 5.81. The molecule has 1 aromatic carbocycles. The molecule has 3 N–H and O–H groups in total. The van der Waals surface area contributed by atoms with Crippen molar-refractivity contribution in [3.63, 3.8) is 0 Å². The van der Waals surface area contributed by atoms with Gasteiger partial charge in [-0.2, -0.15) is 0 Å². The van der Waals surface area contributed by atoms with Crippen LogP contribution in [0.3, 0.4) is 0 Å². The standard InChI is InChI=1S/C25H38N4O2/c1-26-25(29-21-10-4-9-19(17-21)24(30)28-20-13-14-20)27-15-6-16-31-23-12-5-8-18-7-2-3-11-22(18)23/h2-3,7,11,19-21,23H,4-6,8-10,12-17H2,1H3,(H,28,30)(H2,26,27,29). The Labute approximate surface area is 186 Å². The van der Waals surface area contributed by atoms with E-state index in [1.165, 1.54) is 24.0 Å². The molecule has 0 bridgehead atoms. The first kappa shape index (κ1) is 22.1. The first-order chi connectivity index (χ1) is 15.2. The third-order valence-corrected chi connectivity index (χ3v) is 6.78. The third kappa shape index (κ3) is 6.45. The van der Waals surface area contributed by atoms with Gasteiger partial charge in [0.25, 0.3) is 0 Å². The van der Waals surface area contributed by atoms with Crippen LogP contribution in [0.5, 0.6) is 0 Å².